The van der Waals surface area contributed by atoms with Crippen LogP contribution in [0.15, 0.2) is 66.7 Å². The quantitative estimate of drug-likeness (QED) is 0.677. The summed E-state index contributed by atoms with van der Waals surface area (Å²) >= 11 is 0. The lowest BCUT2D eigenvalue weighted by Crippen LogP contribution is -2.32. The van der Waals surface area contributed by atoms with Gasteiger partial charge in [-0.25, -0.2) is 4.39 Å². The van der Waals surface area contributed by atoms with Crippen molar-refractivity contribution in [3.05, 3.63) is 83.7 Å². The Labute approximate surface area is 140 Å². The standard InChI is InChI=1S/C21H18FNO/c22-19-9-5-15(6-10-19)14-23(20-11-12-20)21(24)18-8-7-16-3-1-2-4-17(16)13-18/h1-10,13,20H,11-12,14H2. The number of hydrogen-bond donors (Lipinski definition) is 0. The van der Waals surface area contributed by atoms with E-state index in [9.17, 15) is 9.18 Å². The van der Waals surface area contributed by atoms with E-state index in [-0.39, 0.29) is 11.7 Å². The van der Waals surface area contributed by atoms with Crippen LogP contribution in [-0.2, 0) is 6.54 Å². The van der Waals surface area contributed by atoms with E-state index in [4.69, 9.17) is 0 Å². The van der Waals surface area contributed by atoms with Gasteiger partial charge in [0, 0.05) is 18.2 Å². The Bertz CT molecular complexity index is 884. The third-order valence-corrected chi connectivity index (χ3v) is 4.51. The van der Waals surface area contributed by atoms with E-state index in [0.717, 1.165) is 29.2 Å². The highest BCUT2D eigenvalue weighted by Crippen LogP contribution is 2.30. The minimum atomic E-state index is -0.252. The molecule has 4 rings (SSSR count). The first-order chi connectivity index (χ1) is 11.7. The van der Waals surface area contributed by atoms with Gasteiger partial charge < -0.3 is 4.90 Å². The van der Waals surface area contributed by atoms with Crippen LogP contribution in [0.25, 0.3) is 10.8 Å². The Morgan fingerprint density at radius 1 is 0.958 bits per heavy atom. The molecule has 0 aliphatic heterocycles. The smallest absolute Gasteiger partial charge is 0.254 e. The molecule has 0 aromatic heterocycles. The van der Waals surface area contributed by atoms with Gasteiger partial charge in [0.05, 0.1) is 0 Å². The van der Waals surface area contributed by atoms with Crippen LogP contribution < -0.4 is 0 Å². The lowest BCUT2D eigenvalue weighted by atomic mass is 10.1. The number of nitrogens with zero attached hydrogens (tertiary/aromatic N) is 1. The molecule has 1 aliphatic rings. The molecule has 0 radical (unpaired) electrons. The number of carbonyl (C=O) groups is 1. The number of fused-ring (bicyclic) bond motifs is 1. The Morgan fingerprint density at radius 3 is 2.38 bits per heavy atom. The van der Waals surface area contributed by atoms with E-state index >= 15 is 0 Å². The van der Waals surface area contributed by atoms with Gasteiger partial charge in [0.25, 0.3) is 5.91 Å². The number of amides is 1. The molecule has 0 bridgehead atoms. The van der Waals surface area contributed by atoms with Crippen molar-refractivity contribution in [3.8, 4) is 0 Å². The highest BCUT2D eigenvalue weighted by molar-refractivity contribution is 5.98. The third-order valence-electron chi connectivity index (χ3n) is 4.51. The molecule has 1 saturated carbocycles. The molecular weight excluding hydrogens is 301 g/mol. The SMILES string of the molecule is O=C(c1ccc2ccccc2c1)N(Cc1ccc(F)cc1)C1CC1. The fourth-order valence-corrected chi connectivity index (χ4v) is 3.03. The third kappa shape index (κ3) is 3.02. The first kappa shape index (κ1) is 14.9. The van der Waals surface area contributed by atoms with Gasteiger partial charge in [-0.15, -0.1) is 0 Å². The van der Waals surface area contributed by atoms with Gasteiger partial charge in [-0.3, -0.25) is 4.79 Å². The molecule has 1 fully saturated rings. The first-order valence-corrected chi connectivity index (χ1v) is 8.25. The Kier molecular flexibility index (Phi) is 3.77. The van der Waals surface area contributed by atoms with E-state index in [1.165, 1.54) is 12.1 Å². The van der Waals surface area contributed by atoms with Gasteiger partial charge in [-0.2, -0.15) is 0 Å². The van der Waals surface area contributed by atoms with Crippen molar-refractivity contribution in [3.63, 3.8) is 0 Å². The summed E-state index contributed by atoms with van der Waals surface area (Å²) in [4.78, 5) is 14.9. The number of rotatable bonds is 4. The van der Waals surface area contributed by atoms with Gasteiger partial charge in [-0.05, 0) is 53.4 Å². The zero-order valence-electron chi connectivity index (χ0n) is 13.3. The maximum absolute atomic E-state index is 13.1. The summed E-state index contributed by atoms with van der Waals surface area (Å²) in [5, 5.41) is 2.20. The van der Waals surface area contributed by atoms with Gasteiger partial charge >= 0.3 is 0 Å². The normalized spacial score (nSPS) is 13.9. The fraction of sp³-hybridized carbons (Fsp3) is 0.190. The molecule has 0 unspecified atom stereocenters. The lowest BCUT2D eigenvalue weighted by molar-refractivity contribution is 0.0730. The zero-order valence-corrected chi connectivity index (χ0v) is 13.3. The molecular formula is C21H18FNO. The van der Waals surface area contributed by atoms with Crippen molar-refractivity contribution < 1.29 is 9.18 Å². The number of carbonyl (C=O) groups excluding carboxylic acids is 1. The van der Waals surface area contributed by atoms with Crippen molar-refractivity contribution in [1.29, 1.82) is 0 Å². The second-order valence-electron chi connectivity index (χ2n) is 6.35. The average Bonchev–Trinajstić information content (AvgIpc) is 3.45. The van der Waals surface area contributed by atoms with Crippen LogP contribution in [-0.4, -0.2) is 16.8 Å². The molecule has 1 aliphatic carbocycles. The Balaban J connectivity index is 1.62. The van der Waals surface area contributed by atoms with Crippen LogP contribution in [0, 0.1) is 5.82 Å². The van der Waals surface area contributed by atoms with Gasteiger partial charge in [0.1, 0.15) is 5.82 Å². The molecule has 0 atom stereocenters. The van der Waals surface area contributed by atoms with Crippen LogP contribution in [0.3, 0.4) is 0 Å². The van der Waals surface area contributed by atoms with Crippen LogP contribution in [0.2, 0.25) is 0 Å². The summed E-state index contributed by atoms with van der Waals surface area (Å²) in [5.74, 6) is -0.204. The van der Waals surface area contributed by atoms with E-state index < -0.39 is 0 Å². The maximum atomic E-state index is 13.1. The molecule has 0 spiro atoms. The van der Waals surface area contributed by atoms with Crippen molar-refractivity contribution in [2.24, 2.45) is 0 Å². The fourth-order valence-electron chi connectivity index (χ4n) is 3.03. The monoisotopic (exact) mass is 319 g/mol. The van der Waals surface area contributed by atoms with E-state index in [0.29, 0.717) is 18.2 Å². The summed E-state index contributed by atoms with van der Waals surface area (Å²) in [7, 11) is 0. The summed E-state index contributed by atoms with van der Waals surface area (Å²) in [5.41, 5.74) is 1.67. The molecule has 3 aromatic rings. The largest absolute Gasteiger partial charge is 0.331 e. The number of halogens is 1. The molecule has 0 heterocycles. The van der Waals surface area contributed by atoms with E-state index in [2.05, 4.69) is 0 Å². The molecule has 120 valence electrons. The first-order valence-electron chi connectivity index (χ1n) is 8.25. The van der Waals surface area contributed by atoms with Crippen LogP contribution in [0.4, 0.5) is 4.39 Å². The minimum Gasteiger partial charge on any atom is -0.331 e. The van der Waals surface area contributed by atoms with Crippen molar-refractivity contribution >= 4 is 16.7 Å². The topological polar surface area (TPSA) is 20.3 Å². The predicted octanol–water partition coefficient (Wildman–Crippen LogP) is 4.78. The van der Waals surface area contributed by atoms with Gasteiger partial charge in [0.2, 0.25) is 0 Å². The average molecular weight is 319 g/mol. The number of hydrogen-bond acceptors (Lipinski definition) is 1. The molecule has 1 amide bonds. The minimum absolute atomic E-state index is 0.0487. The Hall–Kier alpha value is -2.68. The number of benzene rings is 3. The second-order valence-corrected chi connectivity index (χ2v) is 6.35. The maximum Gasteiger partial charge on any atom is 0.254 e. The van der Waals surface area contributed by atoms with Crippen LogP contribution in [0.1, 0.15) is 28.8 Å². The van der Waals surface area contributed by atoms with Crippen molar-refractivity contribution in [2.75, 3.05) is 0 Å². The summed E-state index contributed by atoms with van der Waals surface area (Å²) in [6, 6.07) is 20.6. The predicted molar refractivity (Wildman–Crippen MR) is 93.2 cm³/mol. The molecule has 2 nitrogen and oxygen atoms in total. The second kappa shape index (κ2) is 6.08. The van der Waals surface area contributed by atoms with Gasteiger partial charge in [0.15, 0.2) is 0 Å². The molecule has 3 heteroatoms. The van der Waals surface area contributed by atoms with Crippen molar-refractivity contribution in [2.45, 2.75) is 25.4 Å². The van der Waals surface area contributed by atoms with E-state index in [1.54, 1.807) is 12.1 Å². The van der Waals surface area contributed by atoms with Gasteiger partial charge in [-0.1, -0.05) is 42.5 Å². The molecule has 0 saturated heterocycles. The van der Waals surface area contributed by atoms with E-state index in [1.807, 2.05) is 47.4 Å². The summed E-state index contributed by atoms with van der Waals surface area (Å²) in [6.07, 6.45) is 2.08. The summed E-state index contributed by atoms with van der Waals surface area (Å²) < 4.78 is 13.1. The highest BCUT2D eigenvalue weighted by Gasteiger charge is 2.33. The highest BCUT2D eigenvalue weighted by atomic mass is 19.1. The summed E-state index contributed by atoms with van der Waals surface area (Å²) in [6.45, 7) is 0.524. The van der Waals surface area contributed by atoms with Crippen LogP contribution >= 0.6 is 0 Å². The lowest BCUT2D eigenvalue weighted by Gasteiger charge is -2.23. The zero-order chi connectivity index (χ0) is 16.5. The van der Waals surface area contributed by atoms with Crippen molar-refractivity contribution in [1.82, 2.24) is 4.90 Å². The molecule has 3 aromatic carbocycles. The Morgan fingerprint density at radius 2 is 1.67 bits per heavy atom. The molecule has 0 N–H and O–H groups in total. The van der Waals surface area contributed by atoms with Crippen LogP contribution in [0.5, 0.6) is 0 Å². The molecule has 24 heavy (non-hydrogen) atoms.